The molecule has 0 spiro atoms. The molecular weight excluding hydrogens is 320 g/mol. The fourth-order valence-corrected chi connectivity index (χ4v) is 2.35. The number of aromatic amines is 2. The molecule has 0 bridgehead atoms. The Labute approximate surface area is 143 Å². The predicted octanol–water partition coefficient (Wildman–Crippen LogP) is 0.846. The van der Waals surface area contributed by atoms with E-state index in [2.05, 4.69) is 30.5 Å². The zero-order valence-electron chi connectivity index (χ0n) is 13.5. The molecule has 128 valence electrons. The second-order valence-corrected chi connectivity index (χ2v) is 5.45. The summed E-state index contributed by atoms with van der Waals surface area (Å²) in [4.78, 5) is 34.0. The minimum atomic E-state index is -0.370. The molecule has 0 radical (unpaired) electrons. The third kappa shape index (κ3) is 4.84. The fourth-order valence-electron chi connectivity index (χ4n) is 2.35. The lowest BCUT2D eigenvalue weighted by molar-refractivity contribution is -0.121. The molecule has 3 N–H and O–H groups in total. The maximum Gasteiger partial charge on any atom is 0.340 e. The van der Waals surface area contributed by atoms with Crippen LogP contribution in [-0.2, 0) is 17.6 Å². The van der Waals surface area contributed by atoms with Gasteiger partial charge in [0, 0.05) is 37.6 Å². The summed E-state index contributed by atoms with van der Waals surface area (Å²) in [5.41, 5.74) is 1.52. The van der Waals surface area contributed by atoms with Crippen LogP contribution in [0.2, 0.25) is 0 Å². The van der Waals surface area contributed by atoms with Gasteiger partial charge in [-0.05, 0) is 6.07 Å². The number of hydrogen-bond acceptors (Lipinski definition) is 5. The average molecular weight is 338 g/mol. The lowest BCUT2D eigenvalue weighted by atomic mass is 10.1. The summed E-state index contributed by atoms with van der Waals surface area (Å²) in [5.74, 6) is 1.04. The fraction of sp³-hybridized carbons (Fsp3) is 0.235. The van der Waals surface area contributed by atoms with Gasteiger partial charge in [-0.1, -0.05) is 30.3 Å². The predicted molar refractivity (Wildman–Crippen MR) is 91.7 cm³/mol. The van der Waals surface area contributed by atoms with Gasteiger partial charge >= 0.3 is 5.69 Å². The Morgan fingerprint density at radius 1 is 1.12 bits per heavy atom. The highest BCUT2D eigenvalue weighted by Gasteiger charge is 2.06. The van der Waals surface area contributed by atoms with E-state index in [-0.39, 0.29) is 18.0 Å². The Morgan fingerprint density at radius 2 is 1.96 bits per heavy atom. The standard InChI is InChI=1S/C17H18N6O2/c24-16(7-6-15-21-17(25)23-22-15)19-11-9-14-18-10-8-13(20-14)12-4-2-1-3-5-12/h1-5,8,10H,6-7,9,11H2,(H,19,24)(H2,21,22,23,25). The third-order valence-electron chi connectivity index (χ3n) is 3.58. The lowest BCUT2D eigenvalue weighted by Crippen LogP contribution is -2.26. The number of benzene rings is 1. The quantitative estimate of drug-likeness (QED) is 0.590. The second kappa shape index (κ2) is 8.00. The van der Waals surface area contributed by atoms with Gasteiger partial charge in [-0.15, -0.1) is 0 Å². The van der Waals surface area contributed by atoms with Crippen LogP contribution in [0, 0.1) is 0 Å². The molecule has 25 heavy (non-hydrogen) atoms. The van der Waals surface area contributed by atoms with Crippen molar-refractivity contribution in [3.05, 3.63) is 64.7 Å². The van der Waals surface area contributed by atoms with Crippen LogP contribution in [0.1, 0.15) is 18.1 Å². The molecule has 2 heterocycles. The van der Waals surface area contributed by atoms with E-state index in [1.54, 1.807) is 6.20 Å². The Morgan fingerprint density at radius 3 is 2.72 bits per heavy atom. The maximum absolute atomic E-state index is 11.8. The first kappa shape index (κ1) is 16.6. The van der Waals surface area contributed by atoms with Crippen molar-refractivity contribution in [3.63, 3.8) is 0 Å². The zero-order chi connectivity index (χ0) is 17.5. The van der Waals surface area contributed by atoms with Crippen molar-refractivity contribution in [3.8, 4) is 11.3 Å². The number of rotatable bonds is 7. The number of aryl methyl sites for hydroxylation is 1. The van der Waals surface area contributed by atoms with Crippen LogP contribution < -0.4 is 11.0 Å². The summed E-state index contributed by atoms with van der Waals surface area (Å²) in [7, 11) is 0. The SMILES string of the molecule is O=C(CCc1n[nH]c(=O)[nH]1)NCCc1nccc(-c2ccccc2)n1. The minimum Gasteiger partial charge on any atom is -0.356 e. The highest BCUT2D eigenvalue weighted by atomic mass is 16.2. The van der Waals surface area contributed by atoms with Gasteiger partial charge in [0.15, 0.2) is 0 Å². The Bertz CT molecular complexity index is 887. The summed E-state index contributed by atoms with van der Waals surface area (Å²) in [6.45, 7) is 0.453. The van der Waals surface area contributed by atoms with Crippen LogP contribution in [0.25, 0.3) is 11.3 Å². The summed E-state index contributed by atoms with van der Waals surface area (Å²) < 4.78 is 0. The minimum absolute atomic E-state index is 0.108. The molecule has 0 aliphatic carbocycles. The van der Waals surface area contributed by atoms with Gasteiger partial charge in [-0.3, -0.25) is 9.78 Å². The van der Waals surface area contributed by atoms with E-state index in [1.165, 1.54) is 0 Å². The third-order valence-corrected chi connectivity index (χ3v) is 3.58. The Hall–Kier alpha value is -3.29. The molecule has 0 atom stereocenters. The number of hydrogen-bond donors (Lipinski definition) is 3. The van der Waals surface area contributed by atoms with Crippen molar-refractivity contribution < 1.29 is 4.79 Å². The van der Waals surface area contributed by atoms with E-state index < -0.39 is 0 Å². The molecule has 8 heteroatoms. The molecule has 0 saturated carbocycles. The van der Waals surface area contributed by atoms with E-state index in [1.807, 2.05) is 36.4 Å². The van der Waals surface area contributed by atoms with Gasteiger partial charge in [0.05, 0.1) is 5.69 Å². The van der Waals surface area contributed by atoms with Crippen molar-refractivity contribution in [2.45, 2.75) is 19.3 Å². The van der Waals surface area contributed by atoms with Gasteiger partial charge in [0.2, 0.25) is 5.91 Å². The van der Waals surface area contributed by atoms with Crippen LogP contribution in [0.4, 0.5) is 0 Å². The van der Waals surface area contributed by atoms with E-state index in [9.17, 15) is 9.59 Å². The number of nitrogens with one attached hydrogen (secondary N) is 3. The van der Waals surface area contributed by atoms with E-state index in [0.717, 1.165) is 11.3 Å². The number of carbonyl (C=O) groups is 1. The van der Waals surface area contributed by atoms with Crippen LogP contribution in [0.3, 0.4) is 0 Å². The maximum atomic E-state index is 11.8. The van der Waals surface area contributed by atoms with Gasteiger partial charge in [-0.25, -0.2) is 19.9 Å². The number of H-pyrrole nitrogens is 2. The topological polar surface area (TPSA) is 116 Å². The first-order valence-electron chi connectivity index (χ1n) is 7.98. The molecule has 1 aromatic carbocycles. The molecule has 8 nitrogen and oxygen atoms in total. The molecule has 0 unspecified atom stereocenters. The van der Waals surface area contributed by atoms with Crippen molar-refractivity contribution in [2.75, 3.05) is 6.54 Å². The summed E-state index contributed by atoms with van der Waals surface area (Å²) >= 11 is 0. The van der Waals surface area contributed by atoms with E-state index in [4.69, 9.17) is 0 Å². The summed E-state index contributed by atoms with van der Waals surface area (Å²) in [6, 6.07) is 11.7. The van der Waals surface area contributed by atoms with Crippen LogP contribution in [0.5, 0.6) is 0 Å². The monoisotopic (exact) mass is 338 g/mol. The Balaban J connectivity index is 1.47. The Kier molecular flexibility index (Phi) is 5.30. The van der Waals surface area contributed by atoms with Crippen molar-refractivity contribution in [2.24, 2.45) is 0 Å². The molecule has 2 aromatic heterocycles. The molecule has 3 aromatic rings. The first-order valence-corrected chi connectivity index (χ1v) is 7.98. The molecule has 1 amide bonds. The van der Waals surface area contributed by atoms with Crippen molar-refractivity contribution >= 4 is 5.91 Å². The molecule has 0 saturated heterocycles. The normalized spacial score (nSPS) is 10.6. The largest absolute Gasteiger partial charge is 0.356 e. The zero-order valence-corrected chi connectivity index (χ0v) is 13.5. The highest BCUT2D eigenvalue weighted by molar-refractivity contribution is 5.76. The van der Waals surface area contributed by atoms with E-state index >= 15 is 0 Å². The lowest BCUT2D eigenvalue weighted by Gasteiger charge is -2.06. The van der Waals surface area contributed by atoms with Crippen LogP contribution in [0.15, 0.2) is 47.4 Å². The summed E-state index contributed by atoms with van der Waals surface area (Å²) in [6.07, 6.45) is 2.91. The van der Waals surface area contributed by atoms with Gasteiger partial charge in [0.25, 0.3) is 0 Å². The first-order chi connectivity index (χ1) is 12.2. The molecule has 0 aliphatic rings. The van der Waals surface area contributed by atoms with Crippen molar-refractivity contribution in [1.82, 2.24) is 30.5 Å². The van der Waals surface area contributed by atoms with E-state index in [0.29, 0.717) is 31.0 Å². The molecule has 0 aliphatic heterocycles. The van der Waals surface area contributed by atoms with Gasteiger partial charge in [-0.2, -0.15) is 5.10 Å². The average Bonchev–Trinajstić information content (AvgIpc) is 3.06. The van der Waals surface area contributed by atoms with Crippen LogP contribution >= 0.6 is 0 Å². The number of aromatic nitrogens is 5. The molecule has 3 rings (SSSR count). The highest BCUT2D eigenvalue weighted by Crippen LogP contribution is 2.15. The number of carbonyl (C=O) groups excluding carboxylic acids is 1. The smallest absolute Gasteiger partial charge is 0.340 e. The molecule has 0 fully saturated rings. The van der Waals surface area contributed by atoms with Gasteiger partial charge < -0.3 is 5.32 Å². The van der Waals surface area contributed by atoms with Gasteiger partial charge in [0.1, 0.15) is 11.6 Å². The number of nitrogens with zero attached hydrogens (tertiary/aromatic N) is 3. The number of amides is 1. The van der Waals surface area contributed by atoms with Crippen molar-refractivity contribution in [1.29, 1.82) is 0 Å². The summed E-state index contributed by atoms with van der Waals surface area (Å²) in [5, 5.41) is 8.85. The molecular formula is C17H18N6O2. The second-order valence-electron chi connectivity index (χ2n) is 5.45. The van der Waals surface area contributed by atoms with Crippen LogP contribution in [-0.4, -0.2) is 37.6 Å².